The summed E-state index contributed by atoms with van der Waals surface area (Å²) in [5.74, 6) is 1.12. The van der Waals surface area contributed by atoms with Crippen LogP contribution in [0.3, 0.4) is 0 Å². The van der Waals surface area contributed by atoms with Crippen molar-refractivity contribution in [2.75, 3.05) is 5.32 Å². The van der Waals surface area contributed by atoms with Gasteiger partial charge in [0.2, 0.25) is 0 Å². The minimum absolute atomic E-state index is 0.208. The molecule has 0 aromatic carbocycles. The lowest BCUT2D eigenvalue weighted by atomic mass is 10.2. The van der Waals surface area contributed by atoms with Gasteiger partial charge in [-0.3, -0.25) is 5.32 Å². The number of nitrogens with one attached hydrogen (secondary N) is 2. The molecule has 1 atom stereocenters. The largest absolute Gasteiger partial charge is 0.335 e. The summed E-state index contributed by atoms with van der Waals surface area (Å²) in [4.78, 5) is 19.7. The molecule has 104 valence electrons. The second-order valence-electron chi connectivity index (χ2n) is 4.97. The molecule has 2 N–H and O–H groups in total. The molecule has 7 heteroatoms. The van der Waals surface area contributed by atoms with Crippen LogP contribution in [0.2, 0.25) is 0 Å². The lowest BCUT2D eigenvalue weighted by Gasteiger charge is -2.12. The highest BCUT2D eigenvalue weighted by Gasteiger charge is 2.28. The van der Waals surface area contributed by atoms with Crippen LogP contribution in [0.4, 0.5) is 10.6 Å². The van der Waals surface area contributed by atoms with Gasteiger partial charge in [-0.05, 0) is 25.7 Å². The lowest BCUT2D eigenvalue weighted by Crippen LogP contribution is -2.37. The fourth-order valence-electron chi connectivity index (χ4n) is 2.02. The van der Waals surface area contributed by atoms with Gasteiger partial charge in [0.05, 0.1) is 12.4 Å². The summed E-state index contributed by atoms with van der Waals surface area (Å²) in [5, 5.41) is 9.89. The third-order valence-corrected chi connectivity index (χ3v) is 3.33. The highest BCUT2D eigenvalue weighted by atomic mass is 16.2. The van der Waals surface area contributed by atoms with Crippen LogP contribution < -0.4 is 10.6 Å². The summed E-state index contributed by atoms with van der Waals surface area (Å²) in [6.45, 7) is 2.02. The minimum atomic E-state index is -0.223. The lowest BCUT2D eigenvalue weighted by molar-refractivity contribution is 0.248. The van der Waals surface area contributed by atoms with Crippen LogP contribution in [-0.4, -0.2) is 31.8 Å². The Labute approximate surface area is 116 Å². The van der Waals surface area contributed by atoms with Gasteiger partial charge in [-0.15, -0.1) is 5.10 Å². The zero-order chi connectivity index (χ0) is 13.9. The topological polar surface area (TPSA) is 84.7 Å². The van der Waals surface area contributed by atoms with E-state index in [1.165, 1.54) is 19.2 Å². The molecule has 1 aliphatic rings. The Morgan fingerprint density at radius 3 is 2.85 bits per heavy atom. The van der Waals surface area contributed by atoms with Gasteiger partial charge in [-0.1, -0.05) is 0 Å². The van der Waals surface area contributed by atoms with Crippen LogP contribution in [0, 0.1) is 5.92 Å². The molecule has 1 fully saturated rings. The zero-order valence-corrected chi connectivity index (χ0v) is 11.2. The van der Waals surface area contributed by atoms with Gasteiger partial charge in [0.15, 0.2) is 5.82 Å². The SMILES string of the molecule is C[C@H](NC(=O)Nc1ccn(-c2cncnc2)n1)C1CC1. The fourth-order valence-corrected chi connectivity index (χ4v) is 2.02. The third-order valence-electron chi connectivity index (χ3n) is 3.33. The molecule has 2 amide bonds. The predicted octanol–water partition coefficient (Wildman–Crippen LogP) is 1.58. The van der Waals surface area contributed by atoms with Crippen LogP contribution in [0.1, 0.15) is 19.8 Å². The van der Waals surface area contributed by atoms with Crippen molar-refractivity contribution in [1.29, 1.82) is 0 Å². The van der Waals surface area contributed by atoms with E-state index in [1.807, 2.05) is 6.92 Å². The van der Waals surface area contributed by atoms with Crippen molar-refractivity contribution < 1.29 is 4.79 Å². The van der Waals surface area contributed by atoms with Gasteiger partial charge >= 0.3 is 6.03 Å². The first-order valence-corrected chi connectivity index (χ1v) is 6.61. The van der Waals surface area contributed by atoms with Crippen molar-refractivity contribution in [2.24, 2.45) is 5.92 Å². The molecule has 0 spiro atoms. The van der Waals surface area contributed by atoms with E-state index in [0.717, 1.165) is 5.69 Å². The molecule has 2 heterocycles. The van der Waals surface area contributed by atoms with Gasteiger partial charge in [0.1, 0.15) is 12.0 Å². The second-order valence-corrected chi connectivity index (χ2v) is 4.97. The van der Waals surface area contributed by atoms with Gasteiger partial charge < -0.3 is 5.32 Å². The molecule has 1 saturated carbocycles. The summed E-state index contributed by atoms with van der Waals surface area (Å²) in [6, 6.07) is 1.72. The number of amides is 2. The van der Waals surface area contributed by atoms with E-state index in [-0.39, 0.29) is 12.1 Å². The van der Waals surface area contributed by atoms with Crippen molar-refractivity contribution in [3.8, 4) is 5.69 Å². The van der Waals surface area contributed by atoms with E-state index in [1.54, 1.807) is 29.3 Å². The van der Waals surface area contributed by atoms with Crippen molar-refractivity contribution in [1.82, 2.24) is 25.1 Å². The number of carbonyl (C=O) groups excluding carboxylic acids is 1. The minimum Gasteiger partial charge on any atom is -0.335 e. The molecule has 0 saturated heterocycles. The van der Waals surface area contributed by atoms with Gasteiger partial charge in [0.25, 0.3) is 0 Å². The predicted molar refractivity (Wildman–Crippen MR) is 73.5 cm³/mol. The maximum Gasteiger partial charge on any atom is 0.320 e. The number of carbonyl (C=O) groups is 1. The second kappa shape index (κ2) is 5.28. The van der Waals surface area contributed by atoms with E-state index in [9.17, 15) is 4.79 Å². The Morgan fingerprint density at radius 2 is 2.15 bits per heavy atom. The molecular formula is C13H16N6O. The van der Waals surface area contributed by atoms with Crippen LogP contribution in [0.15, 0.2) is 31.0 Å². The van der Waals surface area contributed by atoms with E-state index in [0.29, 0.717) is 11.7 Å². The normalized spacial score (nSPS) is 15.7. The standard InChI is InChI=1S/C13H16N6O/c1-9(10-2-3-10)16-13(20)17-12-4-5-19(18-12)11-6-14-8-15-7-11/h4-10H,2-3H2,1H3,(H2,16,17,18,20)/t9-/m0/s1. The first kappa shape index (κ1) is 12.6. The van der Waals surface area contributed by atoms with Crippen molar-refractivity contribution >= 4 is 11.8 Å². The van der Waals surface area contributed by atoms with Crippen LogP contribution in [-0.2, 0) is 0 Å². The monoisotopic (exact) mass is 272 g/mol. The summed E-state index contributed by atoms with van der Waals surface area (Å²) < 4.78 is 1.61. The summed E-state index contributed by atoms with van der Waals surface area (Å²) >= 11 is 0. The van der Waals surface area contributed by atoms with E-state index >= 15 is 0 Å². The molecule has 0 radical (unpaired) electrons. The summed E-state index contributed by atoms with van der Waals surface area (Å²) in [5.41, 5.74) is 0.743. The van der Waals surface area contributed by atoms with Crippen LogP contribution in [0.5, 0.6) is 0 Å². The third kappa shape index (κ3) is 2.93. The Bertz CT molecular complexity index is 592. The Hall–Kier alpha value is -2.44. The number of hydrogen-bond acceptors (Lipinski definition) is 4. The average molecular weight is 272 g/mol. The van der Waals surface area contributed by atoms with Crippen LogP contribution >= 0.6 is 0 Å². The Balaban J connectivity index is 1.61. The number of urea groups is 1. The molecule has 20 heavy (non-hydrogen) atoms. The molecular weight excluding hydrogens is 256 g/mol. The molecule has 0 unspecified atom stereocenters. The van der Waals surface area contributed by atoms with Crippen molar-refractivity contribution in [3.63, 3.8) is 0 Å². The van der Waals surface area contributed by atoms with E-state index < -0.39 is 0 Å². The summed E-state index contributed by atoms with van der Waals surface area (Å²) in [6.07, 6.45) is 8.91. The first-order chi connectivity index (χ1) is 9.72. The average Bonchev–Trinajstić information content (AvgIpc) is 3.21. The molecule has 3 rings (SSSR count). The molecule has 7 nitrogen and oxygen atoms in total. The van der Waals surface area contributed by atoms with Crippen molar-refractivity contribution in [3.05, 3.63) is 31.0 Å². The number of anilines is 1. The smallest absolute Gasteiger partial charge is 0.320 e. The maximum atomic E-state index is 11.8. The maximum absolute atomic E-state index is 11.8. The van der Waals surface area contributed by atoms with Crippen molar-refractivity contribution in [2.45, 2.75) is 25.8 Å². The van der Waals surface area contributed by atoms with Gasteiger partial charge in [-0.2, -0.15) is 0 Å². The Morgan fingerprint density at radius 1 is 1.40 bits per heavy atom. The molecule has 1 aliphatic carbocycles. The zero-order valence-electron chi connectivity index (χ0n) is 11.2. The molecule has 0 aliphatic heterocycles. The molecule has 0 bridgehead atoms. The van der Waals surface area contributed by atoms with Crippen LogP contribution in [0.25, 0.3) is 5.69 Å². The van der Waals surface area contributed by atoms with Gasteiger partial charge in [-0.25, -0.2) is 19.4 Å². The summed E-state index contributed by atoms with van der Waals surface area (Å²) in [7, 11) is 0. The molecule has 2 aromatic heterocycles. The number of aromatic nitrogens is 4. The molecule has 2 aromatic rings. The number of nitrogens with zero attached hydrogens (tertiary/aromatic N) is 4. The number of hydrogen-bond donors (Lipinski definition) is 2. The quantitative estimate of drug-likeness (QED) is 0.885. The first-order valence-electron chi connectivity index (χ1n) is 6.61. The van der Waals surface area contributed by atoms with E-state index in [4.69, 9.17) is 0 Å². The van der Waals surface area contributed by atoms with E-state index in [2.05, 4.69) is 25.7 Å². The fraction of sp³-hybridized carbons (Fsp3) is 0.385. The highest BCUT2D eigenvalue weighted by molar-refractivity contribution is 5.88. The number of rotatable bonds is 4. The van der Waals surface area contributed by atoms with Gasteiger partial charge in [0, 0.05) is 18.3 Å². The Kier molecular flexibility index (Phi) is 3.32. The highest BCUT2D eigenvalue weighted by Crippen LogP contribution is 2.32.